The van der Waals surface area contributed by atoms with Crippen LogP contribution in [-0.4, -0.2) is 93.8 Å². The number of hydrogen-bond acceptors (Lipinski definition) is 9. The standard InChI is InChI=1S/C28H41N7O10/c1-13(2)22(28(44)45)35-27(43)18(10-16-8-6-5-7-9-16)33-24(40)15(4)31-23(39)14(3)32-26(42)19(12-20(30)36)34-25(41)17(29)11-21(37)38/h5-9,13-15,17-19,22H,10-12,29H2,1-4H3,(H2,30,36)(H,31,39)(H,32,42)(H,33,40)(H,34,41)(H,35,43)(H,37,38)(H,44,45)/t14-,15-,17-,18-,19-,22-/m0/s1. The maximum absolute atomic E-state index is 13.1. The summed E-state index contributed by atoms with van der Waals surface area (Å²) in [5.41, 5.74) is 11.3. The molecule has 0 heterocycles. The molecule has 0 unspecified atom stereocenters. The number of carboxylic acid groups (broad SMARTS) is 2. The summed E-state index contributed by atoms with van der Waals surface area (Å²) >= 11 is 0. The van der Waals surface area contributed by atoms with Gasteiger partial charge in [0, 0.05) is 6.42 Å². The van der Waals surface area contributed by atoms with Crippen molar-refractivity contribution in [2.24, 2.45) is 17.4 Å². The molecule has 11 N–H and O–H groups in total. The molecule has 45 heavy (non-hydrogen) atoms. The number of carboxylic acids is 2. The van der Waals surface area contributed by atoms with Crippen LogP contribution in [0.5, 0.6) is 0 Å². The van der Waals surface area contributed by atoms with Gasteiger partial charge >= 0.3 is 11.9 Å². The van der Waals surface area contributed by atoms with Gasteiger partial charge < -0.3 is 48.3 Å². The molecule has 0 aliphatic carbocycles. The Morgan fingerprint density at radius 1 is 0.667 bits per heavy atom. The van der Waals surface area contributed by atoms with Gasteiger partial charge in [-0.3, -0.25) is 33.6 Å². The van der Waals surface area contributed by atoms with Gasteiger partial charge in [0.15, 0.2) is 0 Å². The van der Waals surface area contributed by atoms with Crippen molar-refractivity contribution in [1.29, 1.82) is 0 Å². The van der Waals surface area contributed by atoms with Gasteiger partial charge in [0.1, 0.15) is 30.2 Å². The van der Waals surface area contributed by atoms with E-state index in [9.17, 15) is 43.5 Å². The minimum atomic E-state index is -1.58. The van der Waals surface area contributed by atoms with Crippen LogP contribution in [0.1, 0.15) is 46.1 Å². The Hall–Kier alpha value is -5.06. The Bertz CT molecular complexity index is 1260. The van der Waals surface area contributed by atoms with Crippen molar-refractivity contribution in [3.8, 4) is 0 Å². The lowest BCUT2D eigenvalue weighted by Crippen LogP contribution is -2.59. The van der Waals surface area contributed by atoms with E-state index in [2.05, 4.69) is 26.6 Å². The first-order chi connectivity index (χ1) is 20.9. The summed E-state index contributed by atoms with van der Waals surface area (Å²) in [4.78, 5) is 97.6. The molecule has 0 radical (unpaired) electrons. The van der Waals surface area contributed by atoms with Crippen LogP contribution < -0.4 is 38.1 Å². The highest BCUT2D eigenvalue weighted by Crippen LogP contribution is 2.07. The Morgan fingerprint density at radius 2 is 1.16 bits per heavy atom. The number of amides is 6. The SMILES string of the molecule is CC(C)[C@H](NC(=O)[C@H](Cc1ccccc1)NC(=O)[C@H](C)NC(=O)[C@H](C)NC(=O)[C@H](CC(N)=O)NC(=O)[C@@H](N)CC(=O)O)C(=O)O. The van der Waals surface area contributed by atoms with Crippen molar-refractivity contribution < 1.29 is 48.6 Å². The average molecular weight is 636 g/mol. The maximum atomic E-state index is 13.1. The van der Waals surface area contributed by atoms with E-state index < -0.39 is 102 Å². The van der Waals surface area contributed by atoms with Gasteiger partial charge in [-0.2, -0.15) is 0 Å². The fourth-order valence-corrected chi connectivity index (χ4v) is 3.88. The fraction of sp³-hybridized carbons (Fsp3) is 0.500. The highest BCUT2D eigenvalue weighted by atomic mass is 16.4. The molecule has 1 aromatic rings. The van der Waals surface area contributed by atoms with Crippen LogP contribution in [0.15, 0.2) is 30.3 Å². The first kappa shape index (κ1) is 38.0. The van der Waals surface area contributed by atoms with Crippen LogP contribution in [0.2, 0.25) is 0 Å². The van der Waals surface area contributed by atoms with Crippen LogP contribution in [0, 0.1) is 5.92 Å². The molecule has 0 aliphatic heterocycles. The molecule has 6 amide bonds. The Balaban J connectivity index is 2.94. The molecule has 0 aromatic heterocycles. The van der Waals surface area contributed by atoms with Crippen LogP contribution in [0.25, 0.3) is 0 Å². The van der Waals surface area contributed by atoms with Crippen molar-refractivity contribution in [2.45, 2.75) is 83.2 Å². The molecule has 17 nitrogen and oxygen atoms in total. The Morgan fingerprint density at radius 3 is 1.64 bits per heavy atom. The molecule has 1 rings (SSSR count). The molecule has 17 heteroatoms. The van der Waals surface area contributed by atoms with E-state index in [0.29, 0.717) is 5.56 Å². The maximum Gasteiger partial charge on any atom is 0.326 e. The van der Waals surface area contributed by atoms with Gasteiger partial charge in [0.05, 0.1) is 18.9 Å². The zero-order valence-electron chi connectivity index (χ0n) is 25.4. The molecule has 0 saturated heterocycles. The monoisotopic (exact) mass is 635 g/mol. The molecular formula is C28H41N7O10. The van der Waals surface area contributed by atoms with E-state index in [0.717, 1.165) is 0 Å². The topological polar surface area (TPSA) is 289 Å². The zero-order valence-corrected chi connectivity index (χ0v) is 25.4. The summed E-state index contributed by atoms with van der Waals surface area (Å²) in [6, 6.07) is 0.560. The third-order valence-electron chi connectivity index (χ3n) is 6.42. The minimum Gasteiger partial charge on any atom is -0.481 e. The van der Waals surface area contributed by atoms with Crippen molar-refractivity contribution in [3.05, 3.63) is 35.9 Å². The lowest BCUT2D eigenvalue weighted by atomic mass is 10.0. The van der Waals surface area contributed by atoms with Gasteiger partial charge in [-0.15, -0.1) is 0 Å². The van der Waals surface area contributed by atoms with E-state index in [4.69, 9.17) is 16.6 Å². The summed E-state index contributed by atoms with van der Waals surface area (Å²) in [5.74, 6) is -8.51. The van der Waals surface area contributed by atoms with Gasteiger partial charge in [-0.25, -0.2) is 4.79 Å². The molecule has 1 aromatic carbocycles. The number of nitrogens with two attached hydrogens (primary N) is 2. The van der Waals surface area contributed by atoms with E-state index in [-0.39, 0.29) is 6.42 Å². The molecule has 248 valence electrons. The molecule has 0 bridgehead atoms. The number of primary amides is 1. The summed E-state index contributed by atoms with van der Waals surface area (Å²) in [6.07, 6.45) is -1.42. The normalized spacial score (nSPS) is 14.8. The summed E-state index contributed by atoms with van der Waals surface area (Å²) in [5, 5.41) is 30.0. The number of hydrogen-bond donors (Lipinski definition) is 9. The molecule has 0 fully saturated rings. The van der Waals surface area contributed by atoms with Crippen molar-refractivity contribution >= 4 is 47.4 Å². The van der Waals surface area contributed by atoms with Gasteiger partial charge in [-0.1, -0.05) is 44.2 Å². The highest BCUT2D eigenvalue weighted by molar-refractivity contribution is 5.97. The first-order valence-corrected chi connectivity index (χ1v) is 14.0. The van der Waals surface area contributed by atoms with E-state index in [1.807, 2.05) is 0 Å². The van der Waals surface area contributed by atoms with E-state index in [1.165, 1.54) is 13.8 Å². The predicted octanol–water partition coefficient (Wildman–Crippen LogP) is -2.89. The average Bonchev–Trinajstić information content (AvgIpc) is 2.94. The molecule has 0 saturated carbocycles. The van der Waals surface area contributed by atoms with Crippen LogP contribution >= 0.6 is 0 Å². The number of nitrogens with one attached hydrogen (secondary N) is 5. The molecule has 6 atom stereocenters. The second kappa shape index (κ2) is 17.9. The lowest BCUT2D eigenvalue weighted by molar-refractivity contribution is -0.143. The van der Waals surface area contributed by atoms with Gasteiger partial charge in [-0.05, 0) is 25.3 Å². The Kier molecular flexibility index (Phi) is 15.1. The second-order valence-corrected chi connectivity index (χ2v) is 10.7. The number of rotatable bonds is 18. The van der Waals surface area contributed by atoms with Crippen molar-refractivity contribution in [1.82, 2.24) is 26.6 Å². The van der Waals surface area contributed by atoms with Crippen LogP contribution in [0.3, 0.4) is 0 Å². The predicted molar refractivity (Wildman–Crippen MR) is 158 cm³/mol. The zero-order chi connectivity index (χ0) is 34.4. The van der Waals surface area contributed by atoms with Crippen LogP contribution in [0.4, 0.5) is 0 Å². The first-order valence-electron chi connectivity index (χ1n) is 14.0. The lowest BCUT2D eigenvalue weighted by Gasteiger charge is -2.25. The van der Waals surface area contributed by atoms with Crippen molar-refractivity contribution in [2.75, 3.05) is 0 Å². The molecule has 0 spiro atoms. The highest BCUT2D eigenvalue weighted by Gasteiger charge is 2.32. The summed E-state index contributed by atoms with van der Waals surface area (Å²) < 4.78 is 0. The third kappa shape index (κ3) is 13.4. The second-order valence-electron chi connectivity index (χ2n) is 10.7. The number of carbonyl (C=O) groups excluding carboxylic acids is 6. The molecule has 0 aliphatic rings. The molecular weight excluding hydrogens is 594 g/mol. The largest absolute Gasteiger partial charge is 0.481 e. The van der Waals surface area contributed by atoms with E-state index in [1.54, 1.807) is 44.2 Å². The Labute approximate surface area is 259 Å². The minimum absolute atomic E-state index is 0.0130. The smallest absolute Gasteiger partial charge is 0.326 e. The fourth-order valence-electron chi connectivity index (χ4n) is 3.88. The summed E-state index contributed by atoms with van der Waals surface area (Å²) in [6.45, 7) is 5.79. The quantitative estimate of drug-likeness (QED) is 0.0789. The van der Waals surface area contributed by atoms with Crippen LogP contribution in [-0.2, 0) is 44.8 Å². The van der Waals surface area contributed by atoms with Gasteiger partial charge in [0.2, 0.25) is 35.4 Å². The third-order valence-corrected chi connectivity index (χ3v) is 6.42. The van der Waals surface area contributed by atoms with Crippen molar-refractivity contribution in [3.63, 3.8) is 0 Å². The number of carbonyl (C=O) groups is 8. The summed E-state index contributed by atoms with van der Waals surface area (Å²) in [7, 11) is 0. The number of benzene rings is 1. The number of aliphatic carboxylic acids is 2. The van der Waals surface area contributed by atoms with E-state index >= 15 is 0 Å². The van der Waals surface area contributed by atoms with Gasteiger partial charge in [0.25, 0.3) is 0 Å².